The highest BCUT2D eigenvalue weighted by Crippen LogP contribution is 2.06. The van der Waals surface area contributed by atoms with Crippen molar-refractivity contribution < 1.29 is 9.47 Å². The fourth-order valence-electron chi connectivity index (χ4n) is 0.672. The van der Waals surface area contributed by atoms with Crippen molar-refractivity contribution in [3.63, 3.8) is 0 Å². The third kappa shape index (κ3) is 3.09. The van der Waals surface area contributed by atoms with Crippen LogP contribution in [0.1, 0.15) is 0 Å². The number of benzene rings is 1. The molecule has 0 aliphatic carbocycles. The molecular weight excluding hydrogens is 152 g/mol. The van der Waals surface area contributed by atoms with Crippen LogP contribution in [0.4, 0.5) is 0 Å². The average molecular weight is 161 g/mol. The second kappa shape index (κ2) is 5.22. The first-order valence-corrected chi connectivity index (χ1v) is 3.54. The number of rotatable bonds is 4. The van der Waals surface area contributed by atoms with Crippen LogP contribution in [0.5, 0.6) is 5.75 Å². The largest absolute Gasteiger partial charge is 0.467 e. The van der Waals surface area contributed by atoms with Crippen LogP contribution in [0.3, 0.4) is 0 Å². The molecule has 0 saturated heterocycles. The van der Waals surface area contributed by atoms with Crippen LogP contribution >= 0.6 is 0 Å². The van der Waals surface area contributed by atoms with E-state index in [1.807, 2.05) is 12.1 Å². The summed E-state index contributed by atoms with van der Waals surface area (Å²) in [6.07, 6.45) is 4.97. The summed E-state index contributed by atoms with van der Waals surface area (Å²) < 4.78 is 10.0. The van der Waals surface area contributed by atoms with Gasteiger partial charge in [-0.25, -0.2) is 0 Å². The number of ether oxygens (including phenoxy) is 2. The molecule has 2 nitrogen and oxygen atoms in total. The van der Waals surface area contributed by atoms with Gasteiger partial charge in [0.25, 0.3) is 0 Å². The van der Waals surface area contributed by atoms with E-state index in [1.165, 1.54) is 0 Å². The molecule has 0 unspecified atom stereocenters. The molecule has 12 heavy (non-hydrogen) atoms. The van der Waals surface area contributed by atoms with Crippen LogP contribution in [-0.2, 0) is 4.74 Å². The maximum Gasteiger partial charge on any atom is 0.190 e. The van der Waals surface area contributed by atoms with Crippen LogP contribution in [0.2, 0.25) is 0 Å². The zero-order valence-electron chi connectivity index (χ0n) is 6.62. The smallest absolute Gasteiger partial charge is 0.190 e. The van der Waals surface area contributed by atoms with Crippen LogP contribution < -0.4 is 4.74 Å². The minimum Gasteiger partial charge on any atom is -0.467 e. The van der Waals surface area contributed by atoms with E-state index in [2.05, 4.69) is 12.0 Å². The summed E-state index contributed by atoms with van der Waals surface area (Å²) in [6, 6.07) is 10.2. The van der Waals surface area contributed by atoms with E-state index in [0.29, 0.717) is 5.75 Å². The standard InChI is InChI=1S/C10H9O2/c1-2-8-11-9-12-10-6-4-3-5-7-10/h1,3-6H,8-9H2. The van der Waals surface area contributed by atoms with E-state index < -0.39 is 0 Å². The van der Waals surface area contributed by atoms with Gasteiger partial charge in [-0.3, -0.25) is 0 Å². The lowest BCUT2D eigenvalue weighted by molar-refractivity contribution is 0.0332. The Morgan fingerprint density at radius 2 is 2.42 bits per heavy atom. The molecule has 1 aromatic carbocycles. The summed E-state index contributed by atoms with van der Waals surface area (Å²) in [6.45, 7) is 0.442. The van der Waals surface area contributed by atoms with Gasteiger partial charge in [0.15, 0.2) is 6.79 Å². The Labute approximate surface area is 72.1 Å². The first kappa shape index (κ1) is 8.63. The van der Waals surface area contributed by atoms with Crippen molar-refractivity contribution >= 4 is 0 Å². The molecule has 61 valence electrons. The Morgan fingerprint density at radius 3 is 3.08 bits per heavy atom. The summed E-state index contributed by atoms with van der Waals surface area (Å²) in [4.78, 5) is 0. The zero-order chi connectivity index (χ0) is 8.65. The molecule has 1 radical (unpaired) electrons. The molecule has 0 saturated carbocycles. The molecule has 2 heteroatoms. The van der Waals surface area contributed by atoms with E-state index in [9.17, 15) is 0 Å². The highest BCUT2D eigenvalue weighted by Gasteiger charge is 1.89. The molecule has 1 aromatic rings. The highest BCUT2D eigenvalue weighted by atomic mass is 16.7. The minimum absolute atomic E-state index is 0.171. The third-order valence-electron chi connectivity index (χ3n) is 1.16. The molecule has 0 spiro atoms. The predicted octanol–water partition coefficient (Wildman–Crippen LogP) is 1.47. The van der Waals surface area contributed by atoms with Gasteiger partial charge in [0, 0.05) is 6.07 Å². The van der Waals surface area contributed by atoms with Crippen LogP contribution in [0, 0.1) is 18.4 Å². The Kier molecular flexibility index (Phi) is 3.76. The van der Waals surface area contributed by atoms with Crippen molar-refractivity contribution in [3.05, 3.63) is 30.3 Å². The molecule has 0 fully saturated rings. The molecule has 0 aromatic heterocycles. The Hall–Kier alpha value is -1.46. The molecule has 0 aliphatic heterocycles. The molecule has 0 heterocycles. The van der Waals surface area contributed by atoms with Gasteiger partial charge in [-0.2, -0.15) is 0 Å². The van der Waals surface area contributed by atoms with E-state index in [0.717, 1.165) is 0 Å². The van der Waals surface area contributed by atoms with Gasteiger partial charge >= 0.3 is 0 Å². The lowest BCUT2D eigenvalue weighted by atomic mass is 10.3. The van der Waals surface area contributed by atoms with Crippen molar-refractivity contribution in [2.24, 2.45) is 0 Å². The summed E-state index contributed by atoms with van der Waals surface area (Å²) in [5.41, 5.74) is 0. The quantitative estimate of drug-likeness (QED) is 0.378. The lowest BCUT2D eigenvalue weighted by Gasteiger charge is -2.03. The Bertz CT molecular complexity index is 248. The van der Waals surface area contributed by atoms with Crippen LogP contribution in [0.25, 0.3) is 0 Å². The molecule has 1 rings (SSSR count). The van der Waals surface area contributed by atoms with Crippen molar-refractivity contribution in [1.29, 1.82) is 0 Å². The second-order valence-corrected chi connectivity index (χ2v) is 2.04. The second-order valence-electron chi connectivity index (χ2n) is 2.04. The summed E-state index contributed by atoms with van der Waals surface area (Å²) >= 11 is 0. The van der Waals surface area contributed by atoms with E-state index >= 15 is 0 Å². The van der Waals surface area contributed by atoms with Gasteiger partial charge in [-0.1, -0.05) is 24.1 Å². The van der Waals surface area contributed by atoms with Gasteiger partial charge in [-0.05, 0) is 6.07 Å². The molecular formula is C10H9O2. The fraction of sp³-hybridized carbons (Fsp3) is 0.200. The highest BCUT2D eigenvalue weighted by molar-refractivity contribution is 5.18. The molecule has 0 aliphatic rings. The van der Waals surface area contributed by atoms with Crippen molar-refractivity contribution in [1.82, 2.24) is 0 Å². The van der Waals surface area contributed by atoms with Gasteiger partial charge < -0.3 is 9.47 Å². The summed E-state index contributed by atoms with van der Waals surface area (Å²) in [5, 5.41) is 0. The SMILES string of the molecule is C#CCOCOc1[c]cccc1. The van der Waals surface area contributed by atoms with Crippen LogP contribution in [0.15, 0.2) is 24.3 Å². The maximum atomic E-state index is 5.13. The minimum atomic E-state index is 0.171. The van der Waals surface area contributed by atoms with Crippen LogP contribution in [-0.4, -0.2) is 13.4 Å². The van der Waals surface area contributed by atoms with Crippen molar-refractivity contribution in [2.75, 3.05) is 13.4 Å². The maximum absolute atomic E-state index is 5.13. The summed E-state index contributed by atoms with van der Waals surface area (Å²) in [5.74, 6) is 3.00. The first-order valence-electron chi connectivity index (χ1n) is 3.54. The lowest BCUT2D eigenvalue weighted by Crippen LogP contribution is -2.02. The van der Waals surface area contributed by atoms with Gasteiger partial charge in [0.1, 0.15) is 12.4 Å². The van der Waals surface area contributed by atoms with E-state index in [4.69, 9.17) is 15.9 Å². The van der Waals surface area contributed by atoms with Gasteiger partial charge in [0.05, 0.1) is 0 Å². The third-order valence-corrected chi connectivity index (χ3v) is 1.16. The number of terminal acetylenes is 1. The van der Waals surface area contributed by atoms with Crippen molar-refractivity contribution in [2.45, 2.75) is 0 Å². The molecule has 0 N–H and O–H groups in total. The first-order chi connectivity index (χ1) is 5.93. The molecule has 0 bridgehead atoms. The average Bonchev–Trinajstić information content (AvgIpc) is 2.14. The van der Waals surface area contributed by atoms with E-state index in [1.54, 1.807) is 12.1 Å². The molecule has 0 atom stereocenters. The van der Waals surface area contributed by atoms with Gasteiger partial charge in [0.2, 0.25) is 0 Å². The number of para-hydroxylation sites is 1. The number of hydrogen-bond acceptors (Lipinski definition) is 2. The zero-order valence-corrected chi connectivity index (χ0v) is 6.62. The Morgan fingerprint density at radius 1 is 1.50 bits per heavy atom. The van der Waals surface area contributed by atoms with E-state index in [-0.39, 0.29) is 13.4 Å². The number of hydrogen-bond donors (Lipinski definition) is 0. The predicted molar refractivity (Wildman–Crippen MR) is 45.6 cm³/mol. The fourth-order valence-corrected chi connectivity index (χ4v) is 0.672. The topological polar surface area (TPSA) is 18.5 Å². The van der Waals surface area contributed by atoms with Gasteiger partial charge in [-0.15, -0.1) is 6.42 Å². The van der Waals surface area contributed by atoms with Crippen molar-refractivity contribution in [3.8, 4) is 18.1 Å². The Balaban J connectivity index is 2.21. The summed E-state index contributed by atoms with van der Waals surface area (Å²) in [7, 11) is 0. The monoisotopic (exact) mass is 161 g/mol. The normalized spacial score (nSPS) is 8.92. The molecule has 0 amide bonds.